The number of benzene rings is 1. The van der Waals surface area contributed by atoms with Gasteiger partial charge in [0.15, 0.2) is 5.82 Å². The van der Waals surface area contributed by atoms with Crippen LogP contribution in [0.4, 0.5) is 5.82 Å². The molecule has 0 atom stereocenters. The molecule has 142 valence electrons. The Kier molecular flexibility index (Phi) is 6.75. The molecule has 3 aromatic rings. The quantitative estimate of drug-likeness (QED) is 0.480. The smallest absolute Gasteiger partial charge is 0.261 e. The Bertz CT molecular complexity index is 945. The lowest BCUT2D eigenvalue weighted by Crippen LogP contribution is -2.14. The highest BCUT2D eigenvalue weighted by Crippen LogP contribution is 2.33. The van der Waals surface area contributed by atoms with Gasteiger partial charge >= 0.3 is 0 Å². The van der Waals surface area contributed by atoms with Gasteiger partial charge in [-0.15, -0.1) is 23.5 Å². The number of carbonyl (C=O) groups is 1. The fourth-order valence-electron chi connectivity index (χ4n) is 2.47. The molecule has 2 heterocycles. The topological polar surface area (TPSA) is 59.8 Å². The number of nitrogens with one attached hydrogen (secondary N) is 1. The maximum Gasteiger partial charge on any atom is 0.261 e. The molecule has 5 nitrogen and oxygen atoms in total. The maximum atomic E-state index is 12.8. The van der Waals surface area contributed by atoms with Gasteiger partial charge in [0.05, 0.1) is 16.3 Å². The van der Waals surface area contributed by atoms with E-state index >= 15 is 0 Å². The van der Waals surface area contributed by atoms with Crippen LogP contribution < -0.4 is 5.32 Å². The van der Waals surface area contributed by atoms with Crippen LogP contribution in [0.3, 0.4) is 0 Å². The van der Waals surface area contributed by atoms with Crippen LogP contribution in [0.15, 0.2) is 33.5 Å². The summed E-state index contributed by atoms with van der Waals surface area (Å²) in [6.07, 6.45) is 3.84. The molecule has 0 unspecified atom stereocenters. The van der Waals surface area contributed by atoms with Crippen molar-refractivity contribution in [2.75, 3.05) is 17.8 Å². The standard InChI is InChI=1S/C17H16Cl2N4OS3/c1-9-7-13(20-15(24)14-16(25-2)22-27-17(14)26-3)21-23(9)8-10-11(18)5-4-6-12(10)19/h4-7H,8H2,1-3H3,(H,20,21,24). The van der Waals surface area contributed by atoms with Gasteiger partial charge < -0.3 is 5.32 Å². The lowest BCUT2D eigenvalue weighted by Gasteiger charge is -2.08. The zero-order valence-electron chi connectivity index (χ0n) is 14.7. The number of hydrogen-bond acceptors (Lipinski definition) is 6. The number of aromatic nitrogens is 3. The zero-order valence-corrected chi connectivity index (χ0v) is 18.7. The fraction of sp³-hybridized carbons (Fsp3) is 0.235. The summed E-state index contributed by atoms with van der Waals surface area (Å²) in [5.41, 5.74) is 2.28. The number of amides is 1. The number of halogens is 2. The molecule has 3 rings (SSSR count). The normalized spacial score (nSPS) is 11.0. The molecule has 1 amide bonds. The molecule has 0 aliphatic rings. The lowest BCUT2D eigenvalue weighted by atomic mass is 10.2. The minimum absolute atomic E-state index is 0.210. The molecule has 0 saturated heterocycles. The number of nitrogens with zero attached hydrogens (tertiary/aromatic N) is 3. The van der Waals surface area contributed by atoms with Crippen LogP contribution in [0.25, 0.3) is 0 Å². The average Bonchev–Trinajstić information content (AvgIpc) is 3.21. The van der Waals surface area contributed by atoms with Crippen molar-refractivity contribution in [3.8, 4) is 0 Å². The number of aryl methyl sites for hydroxylation is 1. The van der Waals surface area contributed by atoms with Crippen LogP contribution in [-0.4, -0.2) is 32.6 Å². The first-order chi connectivity index (χ1) is 12.9. The molecular weight excluding hydrogens is 443 g/mol. The van der Waals surface area contributed by atoms with E-state index in [0.29, 0.717) is 28.0 Å². The molecule has 0 bridgehead atoms. The second-order valence-corrected chi connectivity index (χ2v) is 9.00. The molecule has 1 N–H and O–H groups in total. The summed E-state index contributed by atoms with van der Waals surface area (Å²) in [4.78, 5) is 12.8. The monoisotopic (exact) mass is 458 g/mol. The van der Waals surface area contributed by atoms with Crippen molar-refractivity contribution in [2.24, 2.45) is 0 Å². The fourth-order valence-corrected chi connectivity index (χ4v) is 5.27. The van der Waals surface area contributed by atoms with Gasteiger partial charge in [0.1, 0.15) is 5.03 Å². The van der Waals surface area contributed by atoms with Crippen LogP contribution in [-0.2, 0) is 6.54 Å². The molecule has 0 aliphatic carbocycles. The van der Waals surface area contributed by atoms with Crippen LogP contribution in [0, 0.1) is 6.92 Å². The highest BCUT2D eigenvalue weighted by atomic mass is 35.5. The van der Waals surface area contributed by atoms with Crippen molar-refractivity contribution < 1.29 is 4.79 Å². The third-order valence-corrected chi connectivity index (χ3v) is 7.28. The predicted molar refractivity (Wildman–Crippen MR) is 116 cm³/mol. The van der Waals surface area contributed by atoms with Gasteiger partial charge in [0, 0.05) is 27.4 Å². The highest BCUT2D eigenvalue weighted by molar-refractivity contribution is 8.01. The molecule has 27 heavy (non-hydrogen) atoms. The van der Waals surface area contributed by atoms with E-state index in [9.17, 15) is 4.79 Å². The minimum atomic E-state index is -0.210. The summed E-state index contributed by atoms with van der Waals surface area (Å²) in [6.45, 7) is 2.34. The average molecular weight is 459 g/mol. The third-order valence-electron chi connectivity index (χ3n) is 3.83. The number of thioether (sulfide) groups is 2. The Labute approximate surface area is 180 Å². The molecule has 0 spiro atoms. The van der Waals surface area contributed by atoms with Gasteiger partial charge in [-0.1, -0.05) is 29.3 Å². The summed E-state index contributed by atoms with van der Waals surface area (Å²) >= 11 is 16.8. The largest absolute Gasteiger partial charge is 0.305 e. The highest BCUT2D eigenvalue weighted by Gasteiger charge is 2.21. The summed E-state index contributed by atoms with van der Waals surface area (Å²) in [5.74, 6) is 0.267. The summed E-state index contributed by atoms with van der Waals surface area (Å²) in [6, 6.07) is 7.21. The summed E-state index contributed by atoms with van der Waals surface area (Å²) in [7, 11) is 0. The molecule has 0 aliphatic heterocycles. The Morgan fingerprint density at radius 2 is 1.96 bits per heavy atom. The van der Waals surface area contributed by atoms with Gasteiger partial charge in [0.25, 0.3) is 5.91 Å². The Hall–Kier alpha value is -1.19. The Morgan fingerprint density at radius 1 is 1.26 bits per heavy atom. The summed E-state index contributed by atoms with van der Waals surface area (Å²) < 4.78 is 6.98. The molecule has 0 saturated carbocycles. The molecule has 2 aromatic heterocycles. The van der Waals surface area contributed by atoms with Crippen molar-refractivity contribution in [2.45, 2.75) is 22.7 Å². The zero-order chi connectivity index (χ0) is 19.6. The van der Waals surface area contributed by atoms with Gasteiger partial charge in [-0.3, -0.25) is 9.48 Å². The number of carbonyl (C=O) groups excluding carboxylic acids is 1. The predicted octanol–water partition coefficient (Wildman–Crippen LogP) is 5.70. The van der Waals surface area contributed by atoms with Crippen LogP contribution in [0.5, 0.6) is 0 Å². The Morgan fingerprint density at radius 3 is 2.59 bits per heavy atom. The first kappa shape index (κ1) is 20.5. The van der Waals surface area contributed by atoms with Gasteiger partial charge in [-0.25, -0.2) is 0 Å². The van der Waals surface area contributed by atoms with Crippen LogP contribution >= 0.6 is 58.3 Å². The first-order valence-corrected chi connectivity index (χ1v) is 11.8. The van der Waals surface area contributed by atoms with E-state index in [-0.39, 0.29) is 5.91 Å². The van der Waals surface area contributed by atoms with Crippen LogP contribution in [0.1, 0.15) is 21.6 Å². The van der Waals surface area contributed by atoms with Crippen molar-refractivity contribution in [3.63, 3.8) is 0 Å². The lowest BCUT2D eigenvalue weighted by molar-refractivity contribution is 0.102. The minimum Gasteiger partial charge on any atom is -0.305 e. The van der Waals surface area contributed by atoms with Crippen molar-refractivity contribution in [1.29, 1.82) is 0 Å². The SMILES string of the molecule is CSc1nsc(SC)c1C(=O)Nc1cc(C)n(Cc2c(Cl)cccc2Cl)n1. The van der Waals surface area contributed by atoms with Gasteiger partial charge in [-0.05, 0) is 43.1 Å². The van der Waals surface area contributed by atoms with Crippen molar-refractivity contribution in [3.05, 3.63) is 51.1 Å². The van der Waals surface area contributed by atoms with Gasteiger partial charge in [-0.2, -0.15) is 9.47 Å². The van der Waals surface area contributed by atoms with Crippen LogP contribution in [0.2, 0.25) is 10.0 Å². The van der Waals surface area contributed by atoms with E-state index < -0.39 is 0 Å². The second-order valence-electron chi connectivity index (χ2n) is 5.54. The maximum absolute atomic E-state index is 12.8. The van der Waals surface area contributed by atoms with E-state index in [2.05, 4.69) is 14.8 Å². The molecule has 0 fully saturated rings. The van der Waals surface area contributed by atoms with E-state index in [1.807, 2.05) is 25.5 Å². The van der Waals surface area contributed by atoms with Gasteiger partial charge in [0.2, 0.25) is 0 Å². The van der Waals surface area contributed by atoms with Crippen molar-refractivity contribution >= 4 is 70.0 Å². The first-order valence-electron chi connectivity index (χ1n) is 7.81. The molecule has 1 aromatic carbocycles. The van der Waals surface area contributed by atoms with E-state index in [1.165, 1.54) is 35.1 Å². The van der Waals surface area contributed by atoms with E-state index in [0.717, 1.165) is 20.5 Å². The van der Waals surface area contributed by atoms with Crippen molar-refractivity contribution in [1.82, 2.24) is 14.2 Å². The summed E-state index contributed by atoms with van der Waals surface area (Å²) in [5, 5.41) is 9.25. The second kappa shape index (κ2) is 8.87. The number of anilines is 1. The molecule has 0 radical (unpaired) electrons. The molecular formula is C17H16Cl2N4OS3. The third kappa shape index (κ3) is 4.46. The van der Waals surface area contributed by atoms with E-state index in [4.69, 9.17) is 23.2 Å². The number of rotatable bonds is 6. The Balaban J connectivity index is 1.83. The molecule has 10 heteroatoms. The number of hydrogen-bond donors (Lipinski definition) is 1. The van der Waals surface area contributed by atoms with E-state index in [1.54, 1.807) is 22.9 Å².